The molecular formula is C14H28N2S. The minimum atomic E-state index is 0.570. The molecule has 0 aromatic rings. The van der Waals surface area contributed by atoms with Crippen LogP contribution in [-0.4, -0.2) is 17.7 Å². The predicted octanol–water partition coefficient (Wildman–Crippen LogP) is 3.32. The van der Waals surface area contributed by atoms with Gasteiger partial charge < -0.3 is 10.6 Å². The number of hydrogen-bond acceptors (Lipinski definition) is 1. The largest absolute Gasteiger partial charge is 0.363 e. The molecule has 0 radical (unpaired) electrons. The van der Waals surface area contributed by atoms with Gasteiger partial charge in [0.15, 0.2) is 5.11 Å². The van der Waals surface area contributed by atoms with E-state index in [0.29, 0.717) is 6.04 Å². The van der Waals surface area contributed by atoms with Gasteiger partial charge in [-0.2, -0.15) is 0 Å². The Bertz CT molecular complexity index is 242. The highest BCUT2D eigenvalue weighted by atomic mass is 32.1. The molecule has 4 atom stereocenters. The van der Waals surface area contributed by atoms with Gasteiger partial charge in [0.1, 0.15) is 0 Å². The Hall–Kier alpha value is -0.310. The van der Waals surface area contributed by atoms with Gasteiger partial charge in [0, 0.05) is 12.6 Å². The molecule has 17 heavy (non-hydrogen) atoms. The zero-order valence-corrected chi connectivity index (χ0v) is 12.6. The van der Waals surface area contributed by atoms with E-state index in [1.54, 1.807) is 0 Å². The molecule has 1 aliphatic carbocycles. The highest BCUT2D eigenvalue weighted by molar-refractivity contribution is 7.80. The van der Waals surface area contributed by atoms with Crippen molar-refractivity contribution in [1.29, 1.82) is 0 Å². The molecule has 100 valence electrons. The van der Waals surface area contributed by atoms with Crippen LogP contribution in [-0.2, 0) is 0 Å². The molecular weight excluding hydrogens is 228 g/mol. The third-order valence-corrected chi connectivity index (χ3v) is 4.59. The Morgan fingerprint density at radius 3 is 2.41 bits per heavy atom. The predicted molar refractivity (Wildman–Crippen MR) is 79.2 cm³/mol. The third kappa shape index (κ3) is 3.84. The average molecular weight is 256 g/mol. The quantitative estimate of drug-likeness (QED) is 0.755. The first kappa shape index (κ1) is 14.7. The molecule has 0 bridgehead atoms. The van der Waals surface area contributed by atoms with Gasteiger partial charge in [-0.05, 0) is 43.3 Å². The van der Waals surface area contributed by atoms with Crippen LogP contribution in [0.4, 0.5) is 0 Å². The standard InChI is InChI=1S/C14H28N2S/c1-5-11-9-8-10(4)12(6-2)13(11)16-14(17)15-7-3/h10-13H,5-9H2,1-4H3,(H2,15,16,17). The summed E-state index contributed by atoms with van der Waals surface area (Å²) < 4.78 is 0. The lowest BCUT2D eigenvalue weighted by Crippen LogP contribution is -2.52. The smallest absolute Gasteiger partial charge is 0.166 e. The highest BCUT2D eigenvalue weighted by Crippen LogP contribution is 2.37. The van der Waals surface area contributed by atoms with Gasteiger partial charge in [0.25, 0.3) is 0 Å². The van der Waals surface area contributed by atoms with E-state index in [9.17, 15) is 0 Å². The van der Waals surface area contributed by atoms with Gasteiger partial charge in [0.05, 0.1) is 0 Å². The van der Waals surface area contributed by atoms with Crippen LogP contribution >= 0.6 is 12.2 Å². The lowest BCUT2D eigenvalue weighted by molar-refractivity contribution is 0.135. The number of hydrogen-bond donors (Lipinski definition) is 2. The molecule has 0 heterocycles. The maximum atomic E-state index is 5.35. The van der Waals surface area contributed by atoms with Crippen LogP contribution in [0.25, 0.3) is 0 Å². The fourth-order valence-corrected chi connectivity index (χ4v) is 3.56. The molecule has 0 aromatic carbocycles. The van der Waals surface area contributed by atoms with Crippen molar-refractivity contribution in [3.63, 3.8) is 0 Å². The number of rotatable bonds is 4. The van der Waals surface area contributed by atoms with E-state index in [1.807, 2.05) is 0 Å². The lowest BCUT2D eigenvalue weighted by Gasteiger charge is -2.42. The number of nitrogens with one attached hydrogen (secondary N) is 2. The second kappa shape index (κ2) is 7.20. The molecule has 0 aliphatic heterocycles. The Labute approximate surface area is 112 Å². The SMILES string of the molecule is CCNC(=S)NC1C(CC)CCC(C)C1CC. The zero-order chi connectivity index (χ0) is 12.8. The Kier molecular flexibility index (Phi) is 6.24. The third-order valence-electron chi connectivity index (χ3n) is 4.32. The Morgan fingerprint density at radius 1 is 1.18 bits per heavy atom. The van der Waals surface area contributed by atoms with E-state index in [2.05, 4.69) is 38.3 Å². The first-order valence-corrected chi connectivity index (χ1v) is 7.59. The molecule has 3 heteroatoms. The van der Waals surface area contributed by atoms with Crippen molar-refractivity contribution in [2.24, 2.45) is 17.8 Å². The van der Waals surface area contributed by atoms with Gasteiger partial charge in [-0.3, -0.25) is 0 Å². The molecule has 1 aliphatic rings. The minimum Gasteiger partial charge on any atom is -0.363 e. The lowest BCUT2D eigenvalue weighted by atomic mass is 9.69. The van der Waals surface area contributed by atoms with Gasteiger partial charge in [-0.1, -0.05) is 40.0 Å². The molecule has 2 N–H and O–H groups in total. The van der Waals surface area contributed by atoms with E-state index in [1.165, 1.54) is 25.7 Å². The summed E-state index contributed by atoms with van der Waals surface area (Å²) in [7, 11) is 0. The van der Waals surface area contributed by atoms with E-state index in [4.69, 9.17) is 12.2 Å². The van der Waals surface area contributed by atoms with Crippen molar-refractivity contribution >= 4 is 17.3 Å². The Morgan fingerprint density at radius 2 is 1.88 bits per heavy atom. The van der Waals surface area contributed by atoms with Gasteiger partial charge in [-0.25, -0.2) is 0 Å². The minimum absolute atomic E-state index is 0.570. The molecule has 1 rings (SSSR count). The van der Waals surface area contributed by atoms with E-state index < -0.39 is 0 Å². The molecule has 0 saturated heterocycles. The van der Waals surface area contributed by atoms with E-state index >= 15 is 0 Å². The molecule has 0 aromatic heterocycles. The molecule has 1 fully saturated rings. The van der Waals surface area contributed by atoms with Gasteiger partial charge in [0.2, 0.25) is 0 Å². The van der Waals surface area contributed by atoms with Gasteiger partial charge in [-0.15, -0.1) is 0 Å². The summed E-state index contributed by atoms with van der Waals surface area (Å²) in [6.07, 6.45) is 5.24. The van der Waals surface area contributed by atoms with Crippen LogP contribution in [0.15, 0.2) is 0 Å². The van der Waals surface area contributed by atoms with Crippen molar-refractivity contribution in [3.05, 3.63) is 0 Å². The van der Waals surface area contributed by atoms with Crippen LogP contribution in [0.3, 0.4) is 0 Å². The van der Waals surface area contributed by atoms with Crippen LogP contribution in [0.5, 0.6) is 0 Å². The summed E-state index contributed by atoms with van der Waals surface area (Å²) in [6.45, 7) is 10.0. The van der Waals surface area contributed by atoms with Crippen molar-refractivity contribution < 1.29 is 0 Å². The fourth-order valence-electron chi connectivity index (χ4n) is 3.28. The van der Waals surface area contributed by atoms with Crippen molar-refractivity contribution in [3.8, 4) is 0 Å². The first-order valence-electron chi connectivity index (χ1n) is 7.18. The summed E-state index contributed by atoms with van der Waals surface area (Å²) >= 11 is 5.35. The van der Waals surface area contributed by atoms with Gasteiger partial charge >= 0.3 is 0 Å². The molecule has 0 spiro atoms. The van der Waals surface area contributed by atoms with Crippen molar-refractivity contribution in [2.75, 3.05) is 6.54 Å². The van der Waals surface area contributed by atoms with E-state index in [-0.39, 0.29) is 0 Å². The molecule has 2 nitrogen and oxygen atoms in total. The number of thiocarbonyl (C=S) groups is 1. The topological polar surface area (TPSA) is 24.1 Å². The molecule has 0 amide bonds. The van der Waals surface area contributed by atoms with E-state index in [0.717, 1.165) is 29.4 Å². The van der Waals surface area contributed by atoms with Crippen LogP contribution in [0.2, 0.25) is 0 Å². The summed E-state index contributed by atoms with van der Waals surface area (Å²) in [4.78, 5) is 0. The van der Waals surface area contributed by atoms with Crippen molar-refractivity contribution in [1.82, 2.24) is 10.6 Å². The maximum absolute atomic E-state index is 5.35. The Balaban J connectivity index is 2.68. The fraction of sp³-hybridized carbons (Fsp3) is 0.929. The van der Waals surface area contributed by atoms with Crippen molar-refractivity contribution in [2.45, 2.75) is 59.4 Å². The monoisotopic (exact) mass is 256 g/mol. The van der Waals surface area contributed by atoms with Crippen LogP contribution in [0, 0.1) is 17.8 Å². The normalized spacial score (nSPS) is 33.2. The summed E-state index contributed by atoms with van der Waals surface area (Å²) in [5.41, 5.74) is 0. The summed E-state index contributed by atoms with van der Waals surface area (Å²) in [6, 6.07) is 0.570. The molecule has 1 saturated carbocycles. The summed E-state index contributed by atoms with van der Waals surface area (Å²) in [5.74, 6) is 2.38. The second-order valence-corrected chi connectivity index (χ2v) is 5.73. The summed E-state index contributed by atoms with van der Waals surface area (Å²) in [5, 5.41) is 7.63. The second-order valence-electron chi connectivity index (χ2n) is 5.32. The maximum Gasteiger partial charge on any atom is 0.166 e. The zero-order valence-electron chi connectivity index (χ0n) is 11.8. The van der Waals surface area contributed by atoms with Crippen LogP contribution in [0.1, 0.15) is 53.4 Å². The molecule has 4 unspecified atom stereocenters. The first-order chi connectivity index (χ1) is 8.13. The van der Waals surface area contributed by atoms with Crippen LogP contribution < -0.4 is 10.6 Å². The highest BCUT2D eigenvalue weighted by Gasteiger charge is 2.35. The average Bonchev–Trinajstić information content (AvgIpc) is 2.30.